The SMILES string of the molecule is NC(Cc1ccccc1Br)c1cc2sccc2s1. The lowest BCUT2D eigenvalue weighted by Crippen LogP contribution is -2.11. The van der Waals surface area contributed by atoms with E-state index in [1.54, 1.807) is 11.3 Å². The van der Waals surface area contributed by atoms with Crippen molar-refractivity contribution < 1.29 is 0 Å². The predicted molar refractivity (Wildman–Crippen MR) is 84.5 cm³/mol. The van der Waals surface area contributed by atoms with Gasteiger partial charge in [-0.2, -0.15) is 0 Å². The number of halogens is 1. The molecule has 18 heavy (non-hydrogen) atoms. The van der Waals surface area contributed by atoms with Crippen LogP contribution in [0.4, 0.5) is 0 Å². The fourth-order valence-corrected chi connectivity index (χ4v) is 4.54. The lowest BCUT2D eigenvalue weighted by molar-refractivity contribution is 0.735. The largest absolute Gasteiger partial charge is 0.323 e. The highest BCUT2D eigenvalue weighted by Crippen LogP contribution is 2.34. The van der Waals surface area contributed by atoms with Gasteiger partial charge in [0.25, 0.3) is 0 Å². The molecule has 0 saturated heterocycles. The zero-order valence-electron chi connectivity index (χ0n) is 9.60. The predicted octanol–water partition coefficient (Wildman–Crippen LogP) is 4.97. The summed E-state index contributed by atoms with van der Waals surface area (Å²) in [6.07, 6.45) is 0.870. The second kappa shape index (κ2) is 5.13. The van der Waals surface area contributed by atoms with Crippen LogP contribution >= 0.6 is 38.6 Å². The van der Waals surface area contributed by atoms with E-state index in [-0.39, 0.29) is 6.04 Å². The maximum atomic E-state index is 6.31. The minimum absolute atomic E-state index is 0.0771. The van der Waals surface area contributed by atoms with Crippen molar-refractivity contribution in [2.75, 3.05) is 0 Å². The molecule has 4 heteroatoms. The maximum Gasteiger partial charge on any atom is 0.0454 e. The number of fused-ring (bicyclic) bond motifs is 1. The minimum atomic E-state index is 0.0771. The third kappa shape index (κ3) is 2.38. The van der Waals surface area contributed by atoms with Crippen LogP contribution in [-0.2, 0) is 6.42 Å². The molecule has 0 fully saturated rings. The van der Waals surface area contributed by atoms with Gasteiger partial charge in [-0.05, 0) is 35.6 Å². The Morgan fingerprint density at radius 3 is 2.78 bits per heavy atom. The first-order valence-electron chi connectivity index (χ1n) is 5.70. The van der Waals surface area contributed by atoms with Gasteiger partial charge in [-0.25, -0.2) is 0 Å². The first-order chi connectivity index (χ1) is 8.74. The van der Waals surface area contributed by atoms with Gasteiger partial charge < -0.3 is 5.73 Å². The number of nitrogens with two attached hydrogens (primary N) is 1. The molecule has 0 spiro atoms. The molecule has 1 nitrogen and oxygen atoms in total. The fourth-order valence-electron chi connectivity index (χ4n) is 1.97. The minimum Gasteiger partial charge on any atom is -0.323 e. The average Bonchev–Trinajstić information content (AvgIpc) is 2.92. The van der Waals surface area contributed by atoms with Crippen molar-refractivity contribution in [1.29, 1.82) is 0 Å². The van der Waals surface area contributed by atoms with Crippen molar-refractivity contribution >= 4 is 48.0 Å². The van der Waals surface area contributed by atoms with Gasteiger partial charge >= 0.3 is 0 Å². The summed E-state index contributed by atoms with van der Waals surface area (Å²) in [5.74, 6) is 0. The van der Waals surface area contributed by atoms with Crippen molar-refractivity contribution in [3.05, 3.63) is 56.7 Å². The molecule has 2 heterocycles. The zero-order chi connectivity index (χ0) is 12.5. The van der Waals surface area contributed by atoms with Gasteiger partial charge in [0, 0.05) is 24.8 Å². The summed E-state index contributed by atoms with van der Waals surface area (Å²) in [4.78, 5) is 1.27. The third-order valence-corrected chi connectivity index (χ3v) is 5.92. The van der Waals surface area contributed by atoms with Crippen LogP contribution in [0.3, 0.4) is 0 Å². The molecule has 0 saturated carbocycles. The van der Waals surface area contributed by atoms with Gasteiger partial charge in [-0.1, -0.05) is 34.1 Å². The van der Waals surface area contributed by atoms with Crippen molar-refractivity contribution in [3.8, 4) is 0 Å². The molecular weight excluding hydrogens is 326 g/mol. The highest BCUT2D eigenvalue weighted by Gasteiger charge is 2.12. The van der Waals surface area contributed by atoms with Crippen LogP contribution in [0.5, 0.6) is 0 Å². The second-order valence-corrected chi connectivity index (χ2v) is 7.12. The molecule has 3 rings (SSSR count). The summed E-state index contributed by atoms with van der Waals surface area (Å²) in [5.41, 5.74) is 7.58. The first kappa shape index (κ1) is 12.4. The van der Waals surface area contributed by atoms with Gasteiger partial charge in [0.1, 0.15) is 0 Å². The molecule has 2 aromatic heterocycles. The van der Waals surface area contributed by atoms with Crippen LogP contribution in [0.15, 0.2) is 46.3 Å². The van der Waals surface area contributed by atoms with Gasteiger partial charge in [0.2, 0.25) is 0 Å². The van der Waals surface area contributed by atoms with E-state index in [9.17, 15) is 0 Å². The Labute approximate surface area is 122 Å². The zero-order valence-corrected chi connectivity index (χ0v) is 12.8. The van der Waals surface area contributed by atoms with E-state index in [1.807, 2.05) is 17.4 Å². The van der Waals surface area contributed by atoms with E-state index < -0.39 is 0 Å². The maximum absolute atomic E-state index is 6.31. The molecule has 0 aliphatic carbocycles. The fraction of sp³-hybridized carbons (Fsp3) is 0.143. The average molecular weight is 338 g/mol. The third-order valence-electron chi connectivity index (χ3n) is 2.92. The molecule has 2 N–H and O–H groups in total. The van der Waals surface area contributed by atoms with Crippen molar-refractivity contribution in [2.45, 2.75) is 12.5 Å². The number of rotatable bonds is 3. The van der Waals surface area contributed by atoms with Gasteiger partial charge in [0.15, 0.2) is 0 Å². The van der Waals surface area contributed by atoms with Crippen LogP contribution < -0.4 is 5.73 Å². The molecule has 0 radical (unpaired) electrons. The molecule has 3 aromatic rings. The Morgan fingerprint density at radius 1 is 1.17 bits per heavy atom. The topological polar surface area (TPSA) is 26.0 Å². The molecular formula is C14H12BrNS2. The lowest BCUT2D eigenvalue weighted by atomic mass is 10.1. The van der Waals surface area contributed by atoms with E-state index >= 15 is 0 Å². The molecule has 0 aliphatic rings. The van der Waals surface area contributed by atoms with E-state index in [1.165, 1.54) is 19.8 Å². The molecule has 0 amide bonds. The lowest BCUT2D eigenvalue weighted by Gasteiger charge is -2.10. The van der Waals surface area contributed by atoms with Crippen molar-refractivity contribution in [3.63, 3.8) is 0 Å². The van der Waals surface area contributed by atoms with E-state index in [0.29, 0.717) is 0 Å². The van der Waals surface area contributed by atoms with E-state index in [2.05, 4.69) is 51.6 Å². The normalized spacial score (nSPS) is 13.0. The van der Waals surface area contributed by atoms with Crippen molar-refractivity contribution in [2.24, 2.45) is 5.73 Å². The molecule has 1 atom stereocenters. The van der Waals surface area contributed by atoms with Gasteiger partial charge in [0.05, 0.1) is 0 Å². The van der Waals surface area contributed by atoms with Crippen LogP contribution in [0, 0.1) is 0 Å². The highest BCUT2D eigenvalue weighted by molar-refractivity contribution is 9.10. The monoisotopic (exact) mass is 337 g/mol. The van der Waals surface area contributed by atoms with E-state index in [4.69, 9.17) is 5.73 Å². The van der Waals surface area contributed by atoms with Crippen molar-refractivity contribution in [1.82, 2.24) is 0 Å². The number of hydrogen-bond donors (Lipinski definition) is 1. The highest BCUT2D eigenvalue weighted by atomic mass is 79.9. The molecule has 0 aliphatic heterocycles. The summed E-state index contributed by atoms with van der Waals surface area (Å²) >= 11 is 7.16. The summed E-state index contributed by atoms with van der Waals surface area (Å²) in [7, 11) is 0. The molecule has 0 bridgehead atoms. The van der Waals surface area contributed by atoms with Gasteiger partial charge in [-0.15, -0.1) is 22.7 Å². The van der Waals surface area contributed by atoms with E-state index in [0.717, 1.165) is 10.9 Å². The Hall–Kier alpha value is -0.680. The van der Waals surface area contributed by atoms with Gasteiger partial charge in [-0.3, -0.25) is 0 Å². The first-order valence-corrected chi connectivity index (χ1v) is 8.19. The smallest absolute Gasteiger partial charge is 0.0454 e. The summed E-state index contributed by atoms with van der Waals surface area (Å²) < 4.78 is 3.83. The van der Waals surface area contributed by atoms with Crippen LogP contribution in [0.25, 0.3) is 9.40 Å². The standard InChI is InChI=1S/C14H12BrNS2/c15-10-4-2-1-3-9(10)7-11(16)13-8-14-12(18-13)5-6-17-14/h1-6,8,11H,7,16H2. The summed E-state index contributed by atoms with van der Waals surface area (Å²) in [5, 5.41) is 2.13. The Kier molecular flexibility index (Phi) is 3.52. The molecule has 1 aromatic carbocycles. The Bertz CT molecular complexity index is 643. The summed E-state index contributed by atoms with van der Waals surface area (Å²) in [6.45, 7) is 0. The Balaban J connectivity index is 1.85. The number of benzene rings is 1. The molecule has 1 unspecified atom stereocenters. The molecule has 92 valence electrons. The quantitative estimate of drug-likeness (QED) is 0.717. The number of hydrogen-bond acceptors (Lipinski definition) is 3. The van der Waals surface area contributed by atoms with Crippen LogP contribution in [0.1, 0.15) is 16.5 Å². The summed E-state index contributed by atoms with van der Waals surface area (Å²) in [6, 6.07) is 12.7. The Morgan fingerprint density at radius 2 is 2.00 bits per heavy atom. The number of thiophene rings is 2. The van der Waals surface area contributed by atoms with Crippen LogP contribution in [0.2, 0.25) is 0 Å². The van der Waals surface area contributed by atoms with Crippen LogP contribution in [-0.4, -0.2) is 0 Å². The second-order valence-electron chi connectivity index (χ2n) is 4.20.